The molecule has 2 nitrogen and oxygen atoms in total. The van der Waals surface area contributed by atoms with Gasteiger partial charge in [0.1, 0.15) is 0 Å². The molecule has 0 saturated heterocycles. The van der Waals surface area contributed by atoms with Gasteiger partial charge in [-0.1, -0.05) is 6.07 Å². The SMILES string of the molecule is CSc1ccc(C)c(C(=O)Nc2ccc(F)c(F)c2)c1. The van der Waals surface area contributed by atoms with Gasteiger partial charge in [-0.25, -0.2) is 8.78 Å². The van der Waals surface area contributed by atoms with Crippen molar-refractivity contribution in [3.63, 3.8) is 0 Å². The summed E-state index contributed by atoms with van der Waals surface area (Å²) < 4.78 is 25.9. The van der Waals surface area contributed by atoms with Crippen molar-refractivity contribution in [2.45, 2.75) is 11.8 Å². The third-order valence-electron chi connectivity index (χ3n) is 2.87. The van der Waals surface area contributed by atoms with Gasteiger partial charge in [-0.3, -0.25) is 4.79 Å². The number of aryl methyl sites for hydroxylation is 1. The van der Waals surface area contributed by atoms with Gasteiger partial charge < -0.3 is 5.32 Å². The lowest BCUT2D eigenvalue weighted by molar-refractivity contribution is 0.102. The van der Waals surface area contributed by atoms with Gasteiger partial charge in [0.25, 0.3) is 5.91 Å². The molecule has 2 aromatic rings. The van der Waals surface area contributed by atoms with Crippen molar-refractivity contribution in [3.8, 4) is 0 Å². The van der Waals surface area contributed by atoms with Crippen molar-refractivity contribution in [2.24, 2.45) is 0 Å². The molecule has 2 rings (SSSR count). The number of carbonyl (C=O) groups excluding carboxylic acids is 1. The largest absolute Gasteiger partial charge is 0.322 e. The van der Waals surface area contributed by atoms with Crippen LogP contribution >= 0.6 is 11.8 Å². The minimum absolute atomic E-state index is 0.225. The highest BCUT2D eigenvalue weighted by Gasteiger charge is 2.11. The highest BCUT2D eigenvalue weighted by molar-refractivity contribution is 7.98. The topological polar surface area (TPSA) is 29.1 Å². The number of halogens is 2. The second-order valence-corrected chi connectivity index (χ2v) is 5.14. The molecule has 0 aromatic heterocycles. The number of thioether (sulfide) groups is 1. The van der Waals surface area contributed by atoms with Gasteiger partial charge in [0.05, 0.1) is 0 Å². The van der Waals surface area contributed by atoms with Gasteiger partial charge in [-0.05, 0) is 43.0 Å². The Bertz CT molecular complexity index is 658. The standard InChI is InChI=1S/C15H13F2NOS/c1-9-3-5-11(20-2)8-12(9)15(19)18-10-4-6-13(16)14(17)7-10/h3-8H,1-2H3,(H,18,19). The highest BCUT2D eigenvalue weighted by Crippen LogP contribution is 2.21. The van der Waals surface area contributed by atoms with Crippen LogP contribution in [0.3, 0.4) is 0 Å². The van der Waals surface area contributed by atoms with Gasteiger partial charge in [0, 0.05) is 22.2 Å². The zero-order chi connectivity index (χ0) is 14.7. The van der Waals surface area contributed by atoms with Crippen LogP contribution in [0.4, 0.5) is 14.5 Å². The van der Waals surface area contributed by atoms with E-state index in [0.717, 1.165) is 22.6 Å². The smallest absolute Gasteiger partial charge is 0.255 e. The van der Waals surface area contributed by atoms with E-state index in [4.69, 9.17) is 0 Å². The summed E-state index contributed by atoms with van der Waals surface area (Å²) in [6, 6.07) is 8.82. The minimum atomic E-state index is -0.989. The van der Waals surface area contributed by atoms with E-state index in [0.29, 0.717) is 5.56 Å². The van der Waals surface area contributed by atoms with E-state index in [9.17, 15) is 13.6 Å². The Kier molecular flexibility index (Phi) is 4.39. The number of hydrogen-bond acceptors (Lipinski definition) is 2. The van der Waals surface area contributed by atoms with Crippen molar-refractivity contribution in [1.82, 2.24) is 0 Å². The van der Waals surface area contributed by atoms with Gasteiger partial charge >= 0.3 is 0 Å². The summed E-state index contributed by atoms with van der Waals surface area (Å²) in [5, 5.41) is 2.56. The van der Waals surface area contributed by atoms with Crippen molar-refractivity contribution < 1.29 is 13.6 Å². The van der Waals surface area contributed by atoms with Crippen LogP contribution in [0, 0.1) is 18.6 Å². The Morgan fingerprint density at radius 2 is 1.85 bits per heavy atom. The molecule has 0 radical (unpaired) electrons. The first-order valence-electron chi connectivity index (χ1n) is 5.92. The van der Waals surface area contributed by atoms with Crippen molar-refractivity contribution in [2.75, 3.05) is 11.6 Å². The Morgan fingerprint density at radius 1 is 1.10 bits per heavy atom. The molecule has 1 N–H and O–H groups in total. The van der Waals surface area contributed by atoms with Crippen molar-refractivity contribution >= 4 is 23.4 Å². The monoisotopic (exact) mass is 293 g/mol. The van der Waals surface area contributed by atoms with E-state index in [2.05, 4.69) is 5.32 Å². The number of nitrogens with one attached hydrogen (secondary N) is 1. The number of amides is 1. The molecule has 0 aliphatic carbocycles. The Morgan fingerprint density at radius 3 is 2.50 bits per heavy atom. The molecule has 0 heterocycles. The van der Waals surface area contributed by atoms with Crippen molar-refractivity contribution in [1.29, 1.82) is 0 Å². The van der Waals surface area contributed by atoms with Crippen LogP contribution in [0.25, 0.3) is 0 Å². The summed E-state index contributed by atoms with van der Waals surface area (Å²) in [5.74, 6) is -2.27. The summed E-state index contributed by atoms with van der Waals surface area (Å²) >= 11 is 1.53. The molecule has 0 atom stereocenters. The Balaban J connectivity index is 2.25. The van der Waals surface area contributed by atoms with Gasteiger partial charge in [-0.2, -0.15) is 0 Å². The summed E-state index contributed by atoms with van der Waals surface area (Å²) in [7, 11) is 0. The number of carbonyl (C=O) groups is 1. The number of rotatable bonds is 3. The molecule has 0 aliphatic heterocycles. The average Bonchev–Trinajstić information content (AvgIpc) is 2.43. The van der Waals surface area contributed by atoms with Crippen LogP contribution in [0.2, 0.25) is 0 Å². The number of benzene rings is 2. The molecule has 104 valence electrons. The third kappa shape index (κ3) is 3.17. The maximum Gasteiger partial charge on any atom is 0.255 e. The molecule has 5 heteroatoms. The first-order valence-corrected chi connectivity index (χ1v) is 7.15. The minimum Gasteiger partial charge on any atom is -0.322 e. The molecular weight excluding hydrogens is 280 g/mol. The Labute approximate surface area is 120 Å². The van der Waals surface area contributed by atoms with Crippen LogP contribution in [0.15, 0.2) is 41.3 Å². The molecular formula is C15H13F2NOS. The molecule has 0 fully saturated rings. The molecule has 2 aromatic carbocycles. The zero-order valence-corrected chi connectivity index (χ0v) is 11.9. The average molecular weight is 293 g/mol. The first kappa shape index (κ1) is 14.5. The summed E-state index contributed by atoms with van der Waals surface area (Å²) in [4.78, 5) is 13.1. The summed E-state index contributed by atoms with van der Waals surface area (Å²) in [6.07, 6.45) is 1.92. The molecule has 1 amide bonds. The lowest BCUT2D eigenvalue weighted by Gasteiger charge is -2.09. The highest BCUT2D eigenvalue weighted by atomic mass is 32.2. The van der Waals surface area contributed by atoms with Crippen LogP contribution < -0.4 is 5.32 Å². The third-order valence-corrected chi connectivity index (χ3v) is 3.59. The Hall–Kier alpha value is -1.88. The first-order chi connectivity index (χ1) is 9.51. The van der Waals surface area contributed by atoms with E-state index < -0.39 is 11.6 Å². The summed E-state index contributed by atoms with van der Waals surface area (Å²) in [6.45, 7) is 1.82. The number of hydrogen-bond donors (Lipinski definition) is 1. The van der Waals surface area contributed by atoms with E-state index in [-0.39, 0.29) is 11.6 Å². The van der Waals surface area contributed by atoms with Crippen LogP contribution in [-0.4, -0.2) is 12.2 Å². The fourth-order valence-corrected chi connectivity index (χ4v) is 2.18. The fraction of sp³-hybridized carbons (Fsp3) is 0.133. The van der Waals surface area contributed by atoms with E-state index in [1.807, 2.05) is 25.3 Å². The normalized spacial score (nSPS) is 10.4. The fourth-order valence-electron chi connectivity index (χ4n) is 1.75. The van der Waals surface area contributed by atoms with Crippen LogP contribution in [0.1, 0.15) is 15.9 Å². The van der Waals surface area contributed by atoms with Gasteiger partial charge in [-0.15, -0.1) is 11.8 Å². The van der Waals surface area contributed by atoms with E-state index >= 15 is 0 Å². The molecule has 0 unspecified atom stereocenters. The second-order valence-electron chi connectivity index (χ2n) is 4.26. The molecule has 20 heavy (non-hydrogen) atoms. The molecule has 0 aliphatic rings. The van der Waals surface area contributed by atoms with Crippen molar-refractivity contribution in [3.05, 3.63) is 59.2 Å². The molecule has 0 bridgehead atoms. The lowest BCUT2D eigenvalue weighted by Crippen LogP contribution is -2.13. The quantitative estimate of drug-likeness (QED) is 0.857. The van der Waals surface area contributed by atoms with E-state index in [1.54, 1.807) is 6.07 Å². The van der Waals surface area contributed by atoms with Crippen LogP contribution in [-0.2, 0) is 0 Å². The predicted octanol–water partition coefficient (Wildman–Crippen LogP) is 4.25. The zero-order valence-electron chi connectivity index (χ0n) is 11.0. The van der Waals surface area contributed by atoms with Crippen LogP contribution in [0.5, 0.6) is 0 Å². The number of anilines is 1. The lowest BCUT2D eigenvalue weighted by atomic mass is 10.1. The molecule has 0 saturated carbocycles. The summed E-state index contributed by atoms with van der Waals surface area (Å²) in [5.41, 5.74) is 1.56. The van der Waals surface area contributed by atoms with Gasteiger partial charge in [0.15, 0.2) is 11.6 Å². The van der Waals surface area contributed by atoms with E-state index in [1.165, 1.54) is 17.8 Å². The predicted molar refractivity (Wildman–Crippen MR) is 77.3 cm³/mol. The second kappa shape index (κ2) is 6.05. The maximum atomic E-state index is 13.1. The molecule has 0 spiro atoms. The maximum absolute atomic E-state index is 13.1. The van der Waals surface area contributed by atoms with Gasteiger partial charge in [0.2, 0.25) is 0 Å².